The highest BCUT2D eigenvalue weighted by Crippen LogP contribution is 2.28. The molecule has 0 aliphatic carbocycles. The van der Waals surface area contributed by atoms with E-state index in [4.69, 9.17) is 14.6 Å². The van der Waals surface area contributed by atoms with E-state index in [9.17, 15) is 13.6 Å². The number of hydrogen-bond acceptors (Lipinski definition) is 5. The van der Waals surface area contributed by atoms with Gasteiger partial charge in [-0.15, -0.1) is 0 Å². The fourth-order valence-electron chi connectivity index (χ4n) is 2.69. The quantitative estimate of drug-likeness (QED) is 0.409. The van der Waals surface area contributed by atoms with E-state index in [-0.39, 0.29) is 18.8 Å². The largest absolute Gasteiger partial charge is 0.755 e. The van der Waals surface area contributed by atoms with Crippen molar-refractivity contribution < 1.29 is 28.1 Å². The Morgan fingerprint density at radius 1 is 0.867 bits per heavy atom. The molecule has 1 atom stereocenters. The molecule has 3 aromatic carbocycles. The van der Waals surface area contributed by atoms with Crippen molar-refractivity contribution in [3.63, 3.8) is 0 Å². The van der Waals surface area contributed by atoms with E-state index in [2.05, 4.69) is 0 Å². The van der Waals surface area contributed by atoms with Crippen LogP contribution in [0.5, 0.6) is 11.5 Å². The third-order valence-corrected chi connectivity index (χ3v) is 4.93. The number of carboxylic acids is 1. The molecule has 3 aromatic rings. The van der Waals surface area contributed by atoms with Crippen molar-refractivity contribution in [2.45, 2.75) is 6.92 Å². The molecule has 1 N–H and O–H groups in total. The van der Waals surface area contributed by atoms with Gasteiger partial charge in [-0.3, -0.25) is 8.51 Å². The molecule has 0 amide bonds. The summed E-state index contributed by atoms with van der Waals surface area (Å²) in [6.45, 7) is 2.48. The van der Waals surface area contributed by atoms with Crippen molar-refractivity contribution in [3.05, 3.63) is 83.9 Å². The minimum absolute atomic E-state index is 0.192. The molecule has 0 saturated heterocycles. The summed E-state index contributed by atoms with van der Waals surface area (Å²) >= 11 is -2.47. The van der Waals surface area contributed by atoms with Gasteiger partial charge in [-0.25, -0.2) is 4.79 Å². The van der Waals surface area contributed by atoms with Gasteiger partial charge in [-0.05, 0) is 67.6 Å². The van der Waals surface area contributed by atoms with Gasteiger partial charge in [0.15, 0.2) is 0 Å². The molecular weight excluding hydrogens is 406 g/mol. The van der Waals surface area contributed by atoms with Gasteiger partial charge >= 0.3 is 5.97 Å². The van der Waals surface area contributed by atoms with Crippen LogP contribution in [0.15, 0.2) is 72.8 Å². The molecule has 156 valence electrons. The van der Waals surface area contributed by atoms with E-state index in [0.29, 0.717) is 22.9 Å². The van der Waals surface area contributed by atoms with Crippen LogP contribution in [0.3, 0.4) is 0 Å². The fraction of sp³-hybridized carbons (Fsp3) is 0.136. The van der Waals surface area contributed by atoms with E-state index in [1.807, 2.05) is 19.1 Å². The van der Waals surface area contributed by atoms with Gasteiger partial charge in [0, 0.05) is 0 Å². The number of aryl methyl sites for hydroxylation is 1. The SMILES string of the molecule is Cc1ccc(N(c2ccc(OCCOc3ccc(C(=O)O)cc3)cc2)S(=O)[O-])cc1. The predicted octanol–water partition coefficient (Wildman–Crippen LogP) is 4.08. The molecular formula is C22H20NO6S-. The third-order valence-electron chi connectivity index (χ3n) is 4.21. The van der Waals surface area contributed by atoms with E-state index >= 15 is 0 Å². The number of nitrogens with zero attached hydrogens (tertiary/aromatic N) is 1. The number of aromatic carboxylic acids is 1. The van der Waals surface area contributed by atoms with E-state index < -0.39 is 17.2 Å². The summed E-state index contributed by atoms with van der Waals surface area (Å²) in [7, 11) is 0. The summed E-state index contributed by atoms with van der Waals surface area (Å²) < 4.78 is 35.8. The van der Waals surface area contributed by atoms with E-state index in [0.717, 1.165) is 5.56 Å². The number of carbonyl (C=O) groups is 1. The molecule has 30 heavy (non-hydrogen) atoms. The highest BCUT2D eigenvalue weighted by atomic mass is 32.2. The Kier molecular flexibility index (Phi) is 7.05. The summed E-state index contributed by atoms with van der Waals surface area (Å²) in [6.07, 6.45) is 0. The average molecular weight is 426 g/mol. The number of ether oxygens (including phenoxy) is 2. The first kappa shape index (κ1) is 21.4. The van der Waals surface area contributed by atoms with Crippen LogP contribution in [0.2, 0.25) is 0 Å². The van der Waals surface area contributed by atoms with Crippen LogP contribution >= 0.6 is 0 Å². The highest BCUT2D eigenvalue weighted by molar-refractivity contribution is 7.81. The Bertz CT molecular complexity index is 1000. The number of carboxylic acid groups (broad SMARTS) is 1. The van der Waals surface area contributed by atoms with E-state index in [1.54, 1.807) is 48.5 Å². The zero-order valence-corrected chi connectivity index (χ0v) is 17.0. The summed E-state index contributed by atoms with van der Waals surface area (Å²) in [5, 5.41) is 8.88. The molecule has 0 fully saturated rings. The maximum atomic E-state index is 11.7. The zero-order valence-electron chi connectivity index (χ0n) is 16.2. The molecule has 0 radical (unpaired) electrons. The van der Waals surface area contributed by atoms with Gasteiger partial charge in [0.25, 0.3) is 0 Å². The van der Waals surface area contributed by atoms with Crippen LogP contribution in [-0.2, 0) is 11.3 Å². The number of anilines is 2. The first-order valence-electron chi connectivity index (χ1n) is 9.09. The van der Waals surface area contributed by atoms with Crippen molar-refractivity contribution in [2.24, 2.45) is 0 Å². The molecule has 0 spiro atoms. The van der Waals surface area contributed by atoms with Crippen molar-refractivity contribution >= 4 is 28.6 Å². The van der Waals surface area contributed by atoms with Gasteiger partial charge in [-0.2, -0.15) is 0 Å². The first-order chi connectivity index (χ1) is 14.4. The van der Waals surface area contributed by atoms with Gasteiger partial charge in [0.1, 0.15) is 24.7 Å². The lowest BCUT2D eigenvalue weighted by molar-refractivity contribution is 0.0697. The molecule has 0 aliphatic rings. The molecule has 0 heterocycles. The highest BCUT2D eigenvalue weighted by Gasteiger charge is 2.10. The molecule has 0 aliphatic heterocycles. The Balaban J connectivity index is 1.55. The number of rotatable bonds is 9. The van der Waals surface area contributed by atoms with Crippen LogP contribution in [0, 0.1) is 6.92 Å². The van der Waals surface area contributed by atoms with Gasteiger partial charge in [-0.1, -0.05) is 17.7 Å². The van der Waals surface area contributed by atoms with Crippen molar-refractivity contribution in [3.8, 4) is 11.5 Å². The molecule has 0 bridgehead atoms. The van der Waals surface area contributed by atoms with Crippen LogP contribution in [-0.4, -0.2) is 33.1 Å². The number of benzene rings is 3. The van der Waals surface area contributed by atoms with Crippen molar-refractivity contribution in [1.82, 2.24) is 0 Å². The molecule has 0 aromatic heterocycles. The monoisotopic (exact) mass is 426 g/mol. The molecule has 1 unspecified atom stereocenters. The Morgan fingerprint density at radius 3 is 1.73 bits per heavy atom. The maximum absolute atomic E-state index is 11.7. The first-order valence-corrected chi connectivity index (χ1v) is 10.1. The predicted molar refractivity (Wildman–Crippen MR) is 113 cm³/mol. The Labute approximate surface area is 176 Å². The Hall–Kier alpha value is -3.36. The molecule has 0 saturated carbocycles. The van der Waals surface area contributed by atoms with Gasteiger partial charge in [0.2, 0.25) is 0 Å². The van der Waals surface area contributed by atoms with Gasteiger partial charge in [0.05, 0.1) is 28.2 Å². The van der Waals surface area contributed by atoms with Crippen molar-refractivity contribution in [1.29, 1.82) is 0 Å². The van der Waals surface area contributed by atoms with Crippen LogP contribution < -0.4 is 13.8 Å². The maximum Gasteiger partial charge on any atom is 0.335 e. The normalized spacial score (nSPS) is 11.5. The average Bonchev–Trinajstić information content (AvgIpc) is 2.74. The Morgan fingerprint density at radius 2 is 1.30 bits per heavy atom. The van der Waals surface area contributed by atoms with Gasteiger partial charge < -0.3 is 19.1 Å². The summed E-state index contributed by atoms with van der Waals surface area (Å²) in [4.78, 5) is 10.8. The smallest absolute Gasteiger partial charge is 0.335 e. The zero-order chi connectivity index (χ0) is 21.5. The van der Waals surface area contributed by atoms with Crippen molar-refractivity contribution in [2.75, 3.05) is 17.5 Å². The molecule has 3 rings (SSSR count). The molecule has 7 nitrogen and oxygen atoms in total. The van der Waals surface area contributed by atoms with Crippen LogP contribution in [0.1, 0.15) is 15.9 Å². The van der Waals surface area contributed by atoms with E-state index in [1.165, 1.54) is 16.4 Å². The second-order valence-electron chi connectivity index (χ2n) is 6.37. The molecule has 8 heteroatoms. The lowest BCUT2D eigenvalue weighted by atomic mass is 10.2. The second kappa shape index (κ2) is 9.91. The third kappa shape index (κ3) is 5.59. The fourth-order valence-corrected chi connectivity index (χ4v) is 3.28. The minimum Gasteiger partial charge on any atom is -0.755 e. The number of hydrogen-bond donors (Lipinski definition) is 1. The summed E-state index contributed by atoms with van der Waals surface area (Å²) in [6, 6.07) is 20.0. The lowest BCUT2D eigenvalue weighted by Gasteiger charge is -2.26. The second-order valence-corrected chi connectivity index (χ2v) is 7.17. The lowest BCUT2D eigenvalue weighted by Crippen LogP contribution is -2.19. The van der Waals surface area contributed by atoms with Crippen LogP contribution in [0.25, 0.3) is 0 Å². The standard InChI is InChI=1S/C22H21NO6S/c1-16-2-6-18(7-3-16)23(30(26)27)19-8-12-21(13-9-19)29-15-14-28-20-10-4-17(5-11-20)22(24)25/h2-13H,14-15H2,1H3,(H,24,25)(H,26,27)/p-1. The summed E-state index contributed by atoms with van der Waals surface area (Å²) in [5.74, 6) is 0.129. The summed E-state index contributed by atoms with van der Waals surface area (Å²) in [5.41, 5.74) is 2.27. The minimum atomic E-state index is -2.47. The van der Waals surface area contributed by atoms with Crippen LogP contribution in [0.4, 0.5) is 11.4 Å². The topological polar surface area (TPSA) is 99.1 Å².